The number of hydrogen-bond donors (Lipinski definition) is 0. The van der Waals surface area contributed by atoms with Crippen molar-refractivity contribution in [1.29, 1.82) is 0 Å². The van der Waals surface area contributed by atoms with Crippen molar-refractivity contribution in [3.63, 3.8) is 0 Å². The van der Waals surface area contributed by atoms with Gasteiger partial charge in [-0.3, -0.25) is 4.57 Å². The summed E-state index contributed by atoms with van der Waals surface area (Å²) in [6.45, 7) is 2.99. The second-order valence-corrected chi connectivity index (χ2v) is 5.06. The Bertz CT molecular complexity index is 461. The number of halogens is 2. The summed E-state index contributed by atoms with van der Waals surface area (Å²) in [6, 6.07) is 0. The van der Waals surface area contributed by atoms with Crippen LogP contribution < -0.4 is 0 Å². The van der Waals surface area contributed by atoms with Crippen molar-refractivity contribution < 1.29 is 0 Å². The molecule has 2 aromatic heterocycles. The van der Waals surface area contributed by atoms with Gasteiger partial charge in [0.1, 0.15) is 13.7 Å². The standard InChI is InChI=1S/C8H9I2N5/c1-2-3-15-6(4-12-13-15)14-5-11-7(9)8(14)10/h4-5H,2-3H2,1H3. The average Bonchev–Trinajstić information content (AvgIpc) is 2.77. The van der Waals surface area contributed by atoms with Crippen LogP contribution in [0.25, 0.3) is 5.82 Å². The molecule has 2 heterocycles. The second kappa shape index (κ2) is 4.76. The van der Waals surface area contributed by atoms with E-state index in [1.54, 1.807) is 12.5 Å². The van der Waals surface area contributed by atoms with Crippen LogP contribution in [0.4, 0.5) is 0 Å². The van der Waals surface area contributed by atoms with Gasteiger partial charge >= 0.3 is 0 Å². The van der Waals surface area contributed by atoms with Gasteiger partial charge in [0.25, 0.3) is 0 Å². The fourth-order valence-electron chi connectivity index (χ4n) is 1.28. The quantitative estimate of drug-likeness (QED) is 0.703. The molecule has 0 bridgehead atoms. The van der Waals surface area contributed by atoms with E-state index < -0.39 is 0 Å². The van der Waals surface area contributed by atoms with Crippen LogP contribution in [0.2, 0.25) is 0 Å². The number of imidazole rings is 1. The molecule has 7 heteroatoms. The van der Waals surface area contributed by atoms with E-state index in [2.05, 4.69) is 67.4 Å². The molecular weight excluding hydrogens is 420 g/mol. The van der Waals surface area contributed by atoms with Crippen molar-refractivity contribution in [2.24, 2.45) is 0 Å². The van der Waals surface area contributed by atoms with E-state index in [-0.39, 0.29) is 0 Å². The van der Waals surface area contributed by atoms with E-state index in [4.69, 9.17) is 0 Å². The summed E-state index contributed by atoms with van der Waals surface area (Å²) in [4.78, 5) is 4.25. The minimum Gasteiger partial charge on any atom is -0.276 e. The molecule has 0 unspecified atom stereocenters. The van der Waals surface area contributed by atoms with E-state index >= 15 is 0 Å². The van der Waals surface area contributed by atoms with Crippen LogP contribution in [0.3, 0.4) is 0 Å². The fourth-order valence-corrected chi connectivity index (χ4v) is 2.18. The Morgan fingerprint density at radius 1 is 1.40 bits per heavy atom. The highest BCUT2D eigenvalue weighted by molar-refractivity contribution is 14.1. The molecule has 0 spiro atoms. The molecule has 2 aromatic rings. The van der Waals surface area contributed by atoms with E-state index in [1.807, 2.05) is 9.25 Å². The highest BCUT2D eigenvalue weighted by Crippen LogP contribution is 2.17. The molecule has 0 amide bonds. The maximum atomic E-state index is 4.25. The highest BCUT2D eigenvalue weighted by atomic mass is 127. The van der Waals surface area contributed by atoms with Crippen molar-refractivity contribution in [3.8, 4) is 5.82 Å². The van der Waals surface area contributed by atoms with Crippen molar-refractivity contribution in [2.75, 3.05) is 0 Å². The molecule has 0 aliphatic rings. The largest absolute Gasteiger partial charge is 0.276 e. The summed E-state index contributed by atoms with van der Waals surface area (Å²) in [6.07, 6.45) is 4.60. The molecule has 0 aliphatic heterocycles. The summed E-state index contributed by atoms with van der Waals surface area (Å²) in [5, 5.41) is 7.97. The lowest BCUT2D eigenvalue weighted by Crippen LogP contribution is -2.07. The fraction of sp³-hybridized carbons (Fsp3) is 0.375. The van der Waals surface area contributed by atoms with Crippen LogP contribution >= 0.6 is 45.2 Å². The second-order valence-electron chi connectivity index (χ2n) is 3.01. The third-order valence-electron chi connectivity index (χ3n) is 1.95. The number of rotatable bonds is 3. The molecule has 0 radical (unpaired) electrons. The highest BCUT2D eigenvalue weighted by Gasteiger charge is 2.11. The first-order valence-electron chi connectivity index (χ1n) is 4.51. The summed E-state index contributed by atoms with van der Waals surface area (Å²) in [7, 11) is 0. The van der Waals surface area contributed by atoms with Gasteiger partial charge < -0.3 is 0 Å². The summed E-state index contributed by atoms with van der Waals surface area (Å²) in [5.41, 5.74) is 0. The molecule has 0 saturated heterocycles. The van der Waals surface area contributed by atoms with Crippen LogP contribution in [-0.4, -0.2) is 24.5 Å². The zero-order chi connectivity index (χ0) is 10.8. The Labute approximate surface area is 115 Å². The van der Waals surface area contributed by atoms with E-state index in [0.29, 0.717) is 0 Å². The smallest absolute Gasteiger partial charge is 0.157 e. The Morgan fingerprint density at radius 2 is 2.20 bits per heavy atom. The van der Waals surface area contributed by atoms with Gasteiger partial charge in [-0.25, -0.2) is 9.67 Å². The number of nitrogens with zero attached hydrogens (tertiary/aromatic N) is 5. The van der Waals surface area contributed by atoms with Crippen LogP contribution in [0.15, 0.2) is 12.5 Å². The first-order chi connectivity index (χ1) is 7.24. The zero-order valence-electron chi connectivity index (χ0n) is 8.06. The summed E-state index contributed by atoms with van der Waals surface area (Å²) < 4.78 is 5.98. The zero-order valence-corrected chi connectivity index (χ0v) is 12.4. The molecule has 5 nitrogen and oxygen atoms in total. The Hall–Kier alpha value is -0.190. The topological polar surface area (TPSA) is 48.5 Å². The molecule has 0 saturated carbocycles. The molecule has 0 fully saturated rings. The lowest BCUT2D eigenvalue weighted by Gasteiger charge is -2.05. The predicted molar refractivity (Wildman–Crippen MR) is 72.9 cm³/mol. The van der Waals surface area contributed by atoms with E-state index in [9.17, 15) is 0 Å². The maximum Gasteiger partial charge on any atom is 0.157 e. The number of aryl methyl sites for hydroxylation is 1. The van der Waals surface area contributed by atoms with E-state index in [1.165, 1.54) is 0 Å². The molecular formula is C8H9I2N5. The first-order valence-corrected chi connectivity index (χ1v) is 6.67. The van der Waals surface area contributed by atoms with Gasteiger partial charge in [0.2, 0.25) is 0 Å². The van der Waals surface area contributed by atoms with Crippen LogP contribution in [0, 0.1) is 7.40 Å². The SMILES string of the molecule is CCCn1nncc1-n1cnc(I)c1I. The van der Waals surface area contributed by atoms with Crippen molar-refractivity contribution in [3.05, 3.63) is 19.9 Å². The van der Waals surface area contributed by atoms with Crippen LogP contribution in [0.1, 0.15) is 13.3 Å². The minimum atomic E-state index is 0.875. The lowest BCUT2D eigenvalue weighted by atomic mass is 10.5. The monoisotopic (exact) mass is 429 g/mol. The van der Waals surface area contributed by atoms with E-state index in [0.717, 1.165) is 26.2 Å². The lowest BCUT2D eigenvalue weighted by molar-refractivity contribution is 0.565. The molecule has 80 valence electrons. The Morgan fingerprint density at radius 3 is 2.80 bits per heavy atom. The third kappa shape index (κ3) is 2.17. The van der Waals surface area contributed by atoms with Gasteiger partial charge in [-0.2, -0.15) is 0 Å². The number of hydrogen-bond acceptors (Lipinski definition) is 3. The molecule has 0 N–H and O–H groups in total. The Balaban J connectivity index is 2.44. The Kier molecular flexibility index (Phi) is 3.59. The van der Waals surface area contributed by atoms with Crippen molar-refractivity contribution >= 4 is 45.2 Å². The van der Waals surface area contributed by atoms with Gasteiger partial charge in [0.05, 0.1) is 6.20 Å². The summed E-state index contributed by atoms with van der Waals surface area (Å²) in [5.74, 6) is 0.969. The van der Waals surface area contributed by atoms with Gasteiger partial charge in [0, 0.05) is 6.54 Å². The molecule has 15 heavy (non-hydrogen) atoms. The van der Waals surface area contributed by atoms with Crippen LogP contribution in [0.5, 0.6) is 0 Å². The van der Waals surface area contributed by atoms with Crippen molar-refractivity contribution in [2.45, 2.75) is 19.9 Å². The summed E-state index contributed by atoms with van der Waals surface area (Å²) >= 11 is 4.48. The van der Waals surface area contributed by atoms with Crippen LogP contribution in [-0.2, 0) is 6.54 Å². The van der Waals surface area contributed by atoms with Gasteiger partial charge in [-0.05, 0) is 51.6 Å². The van der Waals surface area contributed by atoms with Crippen molar-refractivity contribution in [1.82, 2.24) is 24.5 Å². The first kappa shape index (κ1) is 11.3. The molecule has 0 aromatic carbocycles. The maximum absolute atomic E-state index is 4.25. The molecule has 0 atom stereocenters. The number of aromatic nitrogens is 5. The normalized spacial score (nSPS) is 10.9. The molecule has 0 aliphatic carbocycles. The predicted octanol–water partition coefficient (Wildman–Crippen LogP) is 2.08. The minimum absolute atomic E-state index is 0.875. The van der Waals surface area contributed by atoms with Gasteiger partial charge in [-0.15, -0.1) is 5.10 Å². The molecule has 2 rings (SSSR count). The average molecular weight is 429 g/mol. The van der Waals surface area contributed by atoms with Gasteiger partial charge in [0.15, 0.2) is 5.82 Å². The van der Waals surface area contributed by atoms with Gasteiger partial charge in [-0.1, -0.05) is 12.1 Å². The third-order valence-corrected chi connectivity index (χ3v) is 4.80.